The van der Waals surface area contributed by atoms with E-state index in [-0.39, 0.29) is 12.3 Å². The molecular weight excluding hydrogens is 342 g/mol. The molecule has 2 rings (SSSR count). The number of nitrogens with one attached hydrogen (secondary N) is 1. The summed E-state index contributed by atoms with van der Waals surface area (Å²) in [7, 11) is 0. The molecule has 1 heterocycles. The number of aliphatic carboxylic acids is 1. The highest BCUT2D eigenvalue weighted by Crippen LogP contribution is 2.23. The van der Waals surface area contributed by atoms with Crippen LogP contribution in [0.25, 0.3) is 0 Å². The van der Waals surface area contributed by atoms with Crippen LogP contribution >= 0.6 is 0 Å². The van der Waals surface area contributed by atoms with Crippen LogP contribution in [-0.4, -0.2) is 26.8 Å². The molecule has 0 spiro atoms. The summed E-state index contributed by atoms with van der Waals surface area (Å²) in [6.07, 6.45) is 0.186. The molecule has 2 aromatic rings. The number of nitrogens with zero attached hydrogens (tertiary/aromatic N) is 2. The zero-order valence-electron chi connectivity index (χ0n) is 16.7. The molecule has 2 N–H and O–H groups in total. The minimum absolute atomic E-state index is 0.186. The first kappa shape index (κ1) is 20.7. The number of carbonyl (C=O) groups excluding carboxylic acids is 1. The van der Waals surface area contributed by atoms with Gasteiger partial charge in [0.1, 0.15) is 0 Å². The Hall–Kier alpha value is -2.63. The fourth-order valence-corrected chi connectivity index (χ4v) is 3.20. The number of rotatable bonds is 8. The third-order valence-corrected chi connectivity index (χ3v) is 4.77. The summed E-state index contributed by atoms with van der Waals surface area (Å²) in [4.78, 5) is 24.2. The maximum atomic E-state index is 12.7. The second kappa shape index (κ2) is 8.84. The highest BCUT2D eigenvalue weighted by molar-refractivity contribution is 5.81. The Balaban J connectivity index is 2.19. The number of carbonyl (C=O) groups is 2. The topological polar surface area (TPSA) is 84.2 Å². The minimum Gasteiger partial charge on any atom is -0.481 e. The van der Waals surface area contributed by atoms with E-state index in [0.29, 0.717) is 5.92 Å². The van der Waals surface area contributed by atoms with Crippen molar-refractivity contribution in [2.24, 2.45) is 11.8 Å². The van der Waals surface area contributed by atoms with Gasteiger partial charge in [0.15, 0.2) is 0 Å². The van der Waals surface area contributed by atoms with Crippen LogP contribution in [-0.2, 0) is 22.6 Å². The van der Waals surface area contributed by atoms with Crippen molar-refractivity contribution in [3.05, 3.63) is 52.8 Å². The Bertz CT molecular complexity index is 797. The summed E-state index contributed by atoms with van der Waals surface area (Å²) >= 11 is 0. The number of aryl methyl sites for hydroxylation is 1. The van der Waals surface area contributed by atoms with E-state index in [1.54, 1.807) is 6.92 Å². The van der Waals surface area contributed by atoms with E-state index >= 15 is 0 Å². The first-order chi connectivity index (χ1) is 12.7. The number of aromatic nitrogens is 2. The zero-order chi connectivity index (χ0) is 20.1. The van der Waals surface area contributed by atoms with Crippen molar-refractivity contribution in [3.63, 3.8) is 0 Å². The van der Waals surface area contributed by atoms with E-state index in [0.717, 1.165) is 29.1 Å². The van der Waals surface area contributed by atoms with E-state index in [1.165, 1.54) is 0 Å². The Labute approximate surface area is 160 Å². The predicted molar refractivity (Wildman–Crippen MR) is 104 cm³/mol. The zero-order valence-corrected chi connectivity index (χ0v) is 16.7. The summed E-state index contributed by atoms with van der Waals surface area (Å²) in [6.45, 7) is 10.5. The molecule has 6 heteroatoms. The van der Waals surface area contributed by atoms with E-state index < -0.39 is 17.9 Å². The van der Waals surface area contributed by atoms with Gasteiger partial charge >= 0.3 is 5.97 Å². The summed E-state index contributed by atoms with van der Waals surface area (Å²) in [6, 6.07) is 8.63. The van der Waals surface area contributed by atoms with Crippen LogP contribution in [0.4, 0.5) is 0 Å². The van der Waals surface area contributed by atoms with Gasteiger partial charge < -0.3 is 10.4 Å². The largest absolute Gasteiger partial charge is 0.481 e. The molecule has 1 amide bonds. The van der Waals surface area contributed by atoms with Crippen LogP contribution in [0.5, 0.6) is 0 Å². The van der Waals surface area contributed by atoms with E-state index in [9.17, 15) is 14.7 Å². The first-order valence-corrected chi connectivity index (χ1v) is 9.30. The number of hydrogen-bond acceptors (Lipinski definition) is 3. The third kappa shape index (κ3) is 5.18. The van der Waals surface area contributed by atoms with Gasteiger partial charge in [0, 0.05) is 17.8 Å². The third-order valence-electron chi connectivity index (χ3n) is 4.77. The molecule has 0 aliphatic carbocycles. The number of carboxylic acids is 1. The molecule has 6 nitrogen and oxygen atoms in total. The molecule has 1 aromatic carbocycles. The summed E-state index contributed by atoms with van der Waals surface area (Å²) in [5.74, 6) is -1.42. The highest BCUT2D eigenvalue weighted by atomic mass is 16.4. The standard InChI is InChI=1S/C21H29N3O3/c1-13(2)12-24-16(5)18(15(4)23-24)11-19(25)22-20(14(3)21(26)27)17-9-7-6-8-10-17/h6-10,13-14,20H,11-12H2,1-5H3,(H,22,25)(H,26,27). The molecule has 146 valence electrons. The molecular formula is C21H29N3O3. The van der Waals surface area contributed by atoms with Crippen molar-refractivity contribution < 1.29 is 14.7 Å². The van der Waals surface area contributed by atoms with E-state index in [1.807, 2.05) is 48.9 Å². The maximum Gasteiger partial charge on any atom is 0.308 e. The number of carboxylic acid groups (broad SMARTS) is 1. The lowest BCUT2D eigenvalue weighted by Crippen LogP contribution is -2.36. The summed E-state index contributed by atoms with van der Waals surface area (Å²) in [5, 5.41) is 16.9. The molecule has 2 atom stereocenters. The van der Waals surface area contributed by atoms with Gasteiger partial charge in [-0.3, -0.25) is 14.3 Å². The van der Waals surface area contributed by atoms with Gasteiger partial charge in [0.2, 0.25) is 5.91 Å². The normalized spacial score (nSPS) is 13.4. The van der Waals surface area contributed by atoms with Crippen molar-refractivity contribution in [1.82, 2.24) is 15.1 Å². The quantitative estimate of drug-likeness (QED) is 0.746. The average molecular weight is 371 g/mol. The van der Waals surface area contributed by atoms with Gasteiger partial charge in [-0.25, -0.2) is 0 Å². The van der Waals surface area contributed by atoms with Crippen molar-refractivity contribution >= 4 is 11.9 Å². The average Bonchev–Trinajstić information content (AvgIpc) is 2.86. The predicted octanol–water partition coefficient (Wildman–Crippen LogP) is 3.28. The molecule has 0 saturated heterocycles. The molecule has 0 radical (unpaired) electrons. The Kier molecular flexibility index (Phi) is 6.77. The second-order valence-electron chi connectivity index (χ2n) is 7.48. The summed E-state index contributed by atoms with van der Waals surface area (Å²) in [5.41, 5.74) is 3.51. The Morgan fingerprint density at radius 1 is 1.15 bits per heavy atom. The monoisotopic (exact) mass is 371 g/mol. The van der Waals surface area contributed by atoms with Gasteiger partial charge in [-0.15, -0.1) is 0 Å². The molecule has 0 aliphatic rings. The molecule has 1 aromatic heterocycles. The smallest absolute Gasteiger partial charge is 0.308 e. The van der Waals surface area contributed by atoms with Crippen LogP contribution in [0.15, 0.2) is 30.3 Å². The molecule has 0 aliphatic heterocycles. The second-order valence-corrected chi connectivity index (χ2v) is 7.48. The highest BCUT2D eigenvalue weighted by Gasteiger charge is 2.27. The van der Waals surface area contributed by atoms with E-state index in [2.05, 4.69) is 24.3 Å². The van der Waals surface area contributed by atoms with Gasteiger partial charge in [-0.2, -0.15) is 5.10 Å². The van der Waals surface area contributed by atoms with Crippen LogP contribution in [0.1, 0.15) is 49.3 Å². The number of hydrogen-bond donors (Lipinski definition) is 2. The molecule has 0 bridgehead atoms. The van der Waals surface area contributed by atoms with Crippen LogP contribution in [0, 0.1) is 25.7 Å². The van der Waals surface area contributed by atoms with Crippen molar-refractivity contribution in [3.8, 4) is 0 Å². The molecule has 0 saturated carbocycles. The Morgan fingerprint density at radius 3 is 2.33 bits per heavy atom. The van der Waals surface area contributed by atoms with Gasteiger partial charge in [-0.1, -0.05) is 44.2 Å². The van der Waals surface area contributed by atoms with Crippen LogP contribution in [0.3, 0.4) is 0 Å². The fraction of sp³-hybridized carbons (Fsp3) is 0.476. The van der Waals surface area contributed by atoms with E-state index in [4.69, 9.17) is 0 Å². The molecule has 0 fully saturated rings. The lowest BCUT2D eigenvalue weighted by molar-refractivity contribution is -0.142. The van der Waals surface area contributed by atoms with Crippen molar-refractivity contribution in [2.45, 2.75) is 53.6 Å². The van der Waals surface area contributed by atoms with Crippen LogP contribution in [0.2, 0.25) is 0 Å². The summed E-state index contributed by atoms with van der Waals surface area (Å²) < 4.78 is 1.94. The molecule has 27 heavy (non-hydrogen) atoms. The fourth-order valence-electron chi connectivity index (χ4n) is 3.20. The van der Waals surface area contributed by atoms with Crippen molar-refractivity contribution in [1.29, 1.82) is 0 Å². The maximum absolute atomic E-state index is 12.7. The number of benzene rings is 1. The Morgan fingerprint density at radius 2 is 1.78 bits per heavy atom. The lowest BCUT2D eigenvalue weighted by atomic mass is 9.94. The minimum atomic E-state index is -0.943. The van der Waals surface area contributed by atoms with Crippen molar-refractivity contribution in [2.75, 3.05) is 0 Å². The SMILES string of the molecule is Cc1nn(CC(C)C)c(C)c1CC(=O)NC(c1ccccc1)C(C)C(=O)O. The van der Waals surface area contributed by atoms with Crippen LogP contribution < -0.4 is 5.32 Å². The van der Waals surface area contributed by atoms with Gasteiger partial charge in [-0.05, 0) is 32.3 Å². The lowest BCUT2D eigenvalue weighted by Gasteiger charge is -2.23. The first-order valence-electron chi connectivity index (χ1n) is 9.30. The van der Waals surface area contributed by atoms with Gasteiger partial charge in [0.25, 0.3) is 0 Å². The number of amides is 1. The van der Waals surface area contributed by atoms with Gasteiger partial charge in [0.05, 0.1) is 24.1 Å². The molecule has 2 unspecified atom stereocenters.